The molecule has 102 valence electrons. The van der Waals surface area contributed by atoms with E-state index in [2.05, 4.69) is 4.90 Å². The SMILES string of the molecule is CC1C(C(=O)O)CCN1c1ccc2c(c1)OCCO2. The number of carbonyl (C=O) groups is 1. The van der Waals surface area contributed by atoms with Crippen LogP contribution in [0.3, 0.4) is 0 Å². The average Bonchev–Trinajstić information content (AvgIpc) is 2.80. The summed E-state index contributed by atoms with van der Waals surface area (Å²) in [6, 6.07) is 5.80. The molecule has 1 aromatic rings. The van der Waals surface area contributed by atoms with Crippen molar-refractivity contribution in [2.75, 3.05) is 24.7 Å². The molecule has 2 unspecified atom stereocenters. The summed E-state index contributed by atoms with van der Waals surface area (Å²) in [5.41, 5.74) is 1.00. The number of carboxylic acid groups (broad SMARTS) is 1. The van der Waals surface area contributed by atoms with Crippen molar-refractivity contribution in [3.05, 3.63) is 18.2 Å². The number of anilines is 1. The molecule has 1 saturated heterocycles. The van der Waals surface area contributed by atoms with Crippen LogP contribution in [0.4, 0.5) is 5.69 Å². The minimum atomic E-state index is -0.715. The highest BCUT2D eigenvalue weighted by atomic mass is 16.6. The molecular formula is C14H17NO4. The molecule has 0 amide bonds. The maximum absolute atomic E-state index is 11.2. The third-order valence-corrected chi connectivity index (χ3v) is 3.93. The second-order valence-corrected chi connectivity index (χ2v) is 5.00. The zero-order valence-electron chi connectivity index (χ0n) is 10.8. The van der Waals surface area contributed by atoms with Gasteiger partial charge in [0.1, 0.15) is 13.2 Å². The van der Waals surface area contributed by atoms with Crippen molar-refractivity contribution in [3.63, 3.8) is 0 Å². The molecule has 0 saturated carbocycles. The second kappa shape index (κ2) is 4.64. The van der Waals surface area contributed by atoms with Gasteiger partial charge in [-0.25, -0.2) is 0 Å². The van der Waals surface area contributed by atoms with Crippen molar-refractivity contribution < 1.29 is 19.4 Å². The normalized spacial score (nSPS) is 25.4. The lowest BCUT2D eigenvalue weighted by atomic mass is 10.0. The zero-order chi connectivity index (χ0) is 13.4. The highest BCUT2D eigenvalue weighted by Gasteiger charge is 2.36. The summed E-state index contributed by atoms with van der Waals surface area (Å²) >= 11 is 0. The van der Waals surface area contributed by atoms with E-state index in [1.54, 1.807) is 0 Å². The van der Waals surface area contributed by atoms with E-state index in [-0.39, 0.29) is 12.0 Å². The van der Waals surface area contributed by atoms with E-state index < -0.39 is 5.97 Å². The van der Waals surface area contributed by atoms with Crippen molar-refractivity contribution in [1.29, 1.82) is 0 Å². The van der Waals surface area contributed by atoms with Crippen molar-refractivity contribution in [3.8, 4) is 11.5 Å². The van der Waals surface area contributed by atoms with Crippen LogP contribution in [0.1, 0.15) is 13.3 Å². The van der Waals surface area contributed by atoms with E-state index >= 15 is 0 Å². The molecule has 19 heavy (non-hydrogen) atoms. The lowest BCUT2D eigenvalue weighted by Gasteiger charge is -2.27. The molecule has 0 bridgehead atoms. The van der Waals surface area contributed by atoms with Gasteiger partial charge in [0.05, 0.1) is 5.92 Å². The maximum atomic E-state index is 11.2. The van der Waals surface area contributed by atoms with E-state index in [0.717, 1.165) is 23.7 Å². The zero-order valence-corrected chi connectivity index (χ0v) is 10.8. The molecule has 2 atom stereocenters. The first kappa shape index (κ1) is 12.1. The number of carboxylic acids is 1. The fourth-order valence-electron chi connectivity index (χ4n) is 2.84. The summed E-state index contributed by atoms with van der Waals surface area (Å²) in [5.74, 6) is 0.493. The molecule has 0 radical (unpaired) electrons. The lowest BCUT2D eigenvalue weighted by Crippen LogP contribution is -2.33. The number of nitrogens with zero attached hydrogens (tertiary/aromatic N) is 1. The van der Waals surface area contributed by atoms with Gasteiger partial charge in [-0.05, 0) is 25.5 Å². The summed E-state index contributed by atoms with van der Waals surface area (Å²) in [6.45, 7) is 3.86. The van der Waals surface area contributed by atoms with Crippen LogP contribution < -0.4 is 14.4 Å². The van der Waals surface area contributed by atoms with E-state index in [9.17, 15) is 4.79 Å². The van der Waals surface area contributed by atoms with Crippen LogP contribution in [0.15, 0.2) is 18.2 Å². The van der Waals surface area contributed by atoms with Crippen LogP contribution in [0.2, 0.25) is 0 Å². The minimum Gasteiger partial charge on any atom is -0.486 e. The fourth-order valence-corrected chi connectivity index (χ4v) is 2.84. The molecule has 1 N–H and O–H groups in total. The summed E-state index contributed by atoms with van der Waals surface area (Å²) in [5, 5.41) is 9.17. The largest absolute Gasteiger partial charge is 0.486 e. The Morgan fingerprint density at radius 3 is 2.74 bits per heavy atom. The van der Waals surface area contributed by atoms with Crippen LogP contribution in [-0.2, 0) is 4.79 Å². The topological polar surface area (TPSA) is 59.0 Å². The molecule has 2 heterocycles. The average molecular weight is 263 g/mol. The Kier molecular flexibility index (Phi) is 2.97. The van der Waals surface area contributed by atoms with Crippen LogP contribution in [0.25, 0.3) is 0 Å². The number of rotatable bonds is 2. The first-order valence-corrected chi connectivity index (χ1v) is 6.56. The van der Waals surface area contributed by atoms with Gasteiger partial charge in [0, 0.05) is 24.3 Å². The molecule has 5 heteroatoms. The first-order chi connectivity index (χ1) is 9.16. The van der Waals surface area contributed by atoms with Gasteiger partial charge in [0.2, 0.25) is 0 Å². The Morgan fingerprint density at radius 2 is 2.05 bits per heavy atom. The van der Waals surface area contributed by atoms with Gasteiger partial charge < -0.3 is 19.5 Å². The third kappa shape index (κ3) is 2.09. The second-order valence-electron chi connectivity index (χ2n) is 5.00. The molecule has 2 aliphatic rings. The Balaban J connectivity index is 1.85. The lowest BCUT2D eigenvalue weighted by molar-refractivity contribution is -0.141. The van der Waals surface area contributed by atoms with Crippen molar-refractivity contribution in [2.24, 2.45) is 5.92 Å². The predicted molar refractivity (Wildman–Crippen MR) is 70.0 cm³/mol. The van der Waals surface area contributed by atoms with Gasteiger partial charge in [0.15, 0.2) is 11.5 Å². The number of ether oxygens (including phenoxy) is 2. The van der Waals surface area contributed by atoms with Crippen molar-refractivity contribution >= 4 is 11.7 Å². The van der Waals surface area contributed by atoms with E-state index in [0.29, 0.717) is 19.6 Å². The molecule has 2 aliphatic heterocycles. The third-order valence-electron chi connectivity index (χ3n) is 3.93. The fraction of sp³-hybridized carbons (Fsp3) is 0.500. The summed E-state index contributed by atoms with van der Waals surface area (Å²) in [6.07, 6.45) is 0.685. The molecular weight excluding hydrogens is 246 g/mol. The first-order valence-electron chi connectivity index (χ1n) is 6.56. The molecule has 3 rings (SSSR count). The van der Waals surface area contributed by atoms with Crippen LogP contribution in [-0.4, -0.2) is 36.9 Å². The molecule has 1 fully saturated rings. The van der Waals surface area contributed by atoms with E-state index in [4.69, 9.17) is 14.6 Å². The smallest absolute Gasteiger partial charge is 0.308 e. The number of fused-ring (bicyclic) bond motifs is 1. The number of hydrogen-bond donors (Lipinski definition) is 1. The minimum absolute atomic E-state index is 0.0000546. The molecule has 5 nitrogen and oxygen atoms in total. The van der Waals surface area contributed by atoms with E-state index in [1.807, 2.05) is 25.1 Å². The Morgan fingerprint density at radius 1 is 1.32 bits per heavy atom. The van der Waals surface area contributed by atoms with Crippen LogP contribution in [0.5, 0.6) is 11.5 Å². The summed E-state index contributed by atoms with van der Waals surface area (Å²) < 4.78 is 11.1. The van der Waals surface area contributed by atoms with Gasteiger partial charge in [-0.15, -0.1) is 0 Å². The molecule has 0 aliphatic carbocycles. The van der Waals surface area contributed by atoms with Gasteiger partial charge in [-0.1, -0.05) is 0 Å². The van der Waals surface area contributed by atoms with Gasteiger partial charge in [0.25, 0.3) is 0 Å². The number of aliphatic carboxylic acids is 1. The maximum Gasteiger partial charge on any atom is 0.308 e. The Bertz CT molecular complexity index is 502. The van der Waals surface area contributed by atoms with Crippen molar-refractivity contribution in [1.82, 2.24) is 0 Å². The monoisotopic (exact) mass is 263 g/mol. The summed E-state index contributed by atoms with van der Waals surface area (Å²) in [7, 11) is 0. The highest BCUT2D eigenvalue weighted by molar-refractivity contribution is 5.73. The quantitative estimate of drug-likeness (QED) is 0.881. The van der Waals surface area contributed by atoms with Gasteiger partial charge >= 0.3 is 5.97 Å². The predicted octanol–water partition coefficient (Wildman–Crippen LogP) is 1.76. The number of hydrogen-bond acceptors (Lipinski definition) is 4. The number of benzene rings is 1. The molecule has 0 spiro atoms. The van der Waals surface area contributed by atoms with E-state index in [1.165, 1.54) is 0 Å². The standard InChI is InChI=1S/C14H17NO4/c1-9-11(14(16)17)4-5-15(9)10-2-3-12-13(8-10)19-7-6-18-12/h2-3,8-9,11H,4-7H2,1H3,(H,16,17). The Labute approximate surface area is 111 Å². The highest BCUT2D eigenvalue weighted by Crippen LogP contribution is 2.37. The van der Waals surface area contributed by atoms with Crippen molar-refractivity contribution in [2.45, 2.75) is 19.4 Å². The Hall–Kier alpha value is -1.91. The molecule has 1 aromatic carbocycles. The van der Waals surface area contributed by atoms with Crippen LogP contribution >= 0.6 is 0 Å². The van der Waals surface area contributed by atoms with Crippen LogP contribution in [0, 0.1) is 5.92 Å². The van der Waals surface area contributed by atoms with Gasteiger partial charge in [-0.2, -0.15) is 0 Å². The van der Waals surface area contributed by atoms with Gasteiger partial charge in [-0.3, -0.25) is 4.79 Å². The summed E-state index contributed by atoms with van der Waals surface area (Å²) in [4.78, 5) is 13.3. The molecule has 0 aromatic heterocycles.